The molecule has 0 amide bonds. The van der Waals surface area contributed by atoms with Crippen molar-refractivity contribution >= 4 is 21.6 Å². The third kappa shape index (κ3) is 1.36. The lowest BCUT2D eigenvalue weighted by Gasteiger charge is -2.02. The van der Waals surface area contributed by atoms with Crippen LogP contribution in [-0.2, 0) is 0 Å². The fourth-order valence-corrected chi connectivity index (χ4v) is 1.83. The molecular weight excluding hydrogens is 186 g/mol. The van der Waals surface area contributed by atoms with Crippen LogP contribution >= 0.6 is 11.3 Å². The fraction of sp³-hybridized carbons (Fsp3) is 0.250. The van der Waals surface area contributed by atoms with Gasteiger partial charge in [0.15, 0.2) is 0 Å². The zero-order valence-electron chi connectivity index (χ0n) is 7.07. The molecule has 0 fully saturated rings. The average molecular weight is 195 g/mol. The van der Waals surface area contributed by atoms with E-state index in [1.54, 1.807) is 6.92 Å². The number of H-pyrrole nitrogens is 1. The topological polar surface area (TPSA) is 71.8 Å². The van der Waals surface area contributed by atoms with Crippen LogP contribution in [0.15, 0.2) is 16.2 Å². The molecule has 0 spiro atoms. The van der Waals surface area contributed by atoms with Crippen LogP contribution < -0.4 is 11.3 Å². The Hall–Kier alpha value is -1.20. The third-order valence-electron chi connectivity index (χ3n) is 1.76. The summed E-state index contributed by atoms with van der Waals surface area (Å²) in [7, 11) is 0. The van der Waals surface area contributed by atoms with Crippen molar-refractivity contribution < 1.29 is 0 Å². The van der Waals surface area contributed by atoms with E-state index in [-0.39, 0.29) is 11.6 Å². The van der Waals surface area contributed by atoms with Gasteiger partial charge in [-0.3, -0.25) is 4.79 Å². The van der Waals surface area contributed by atoms with Gasteiger partial charge in [-0.05, 0) is 18.4 Å². The van der Waals surface area contributed by atoms with Crippen LogP contribution in [0.25, 0.3) is 10.2 Å². The Balaban J connectivity index is 2.77. The molecule has 0 aliphatic rings. The molecule has 0 aliphatic heterocycles. The number of hydrogen-bond acceptors (Lipinski definition) is 4. The van der Waals surface area contributed by atoms with Gasteiger partial charge in [-0.15, -0.1) is 11.3 Å². The quantitative estimate of drug-likeness (QED) is 0.713. The second-order valence-electron chi connectivity index (χ2n) is 2.87. The SMILES string of the molecule is CC(N)c1nc2ccsc2c(=O)[nH]1. The van der Waals surface area contributed by atoms with Crippen LogP contribution in [0.1, 0.15) is 18.8 Å². The maximum absolute atomic E-state index is 11.4. The van der Waals surface area contributed by atoms with Gasteiger partial charge in [0.2, 0.25) is 0 Å². The third-order valence-corrected chi connectivity index (χ3v) is 2.67. The molecule has 5 heteroatoms. The van der Waals surface area contributed by atoms with E-state index in [0.717, 1.165) is 5.52 Å². The van der Waals surface area contributed by atoms with Crippen LogP contribution in [0.3, 0.4) is 0 Å². The van der Waals surface area contributed by atoms with Crippen molar-refractivity contribution in [2.24, 2.45) is 5.73 Å². The van der Waals surface area contributed by atoms with Gasteiger partial charge < -0.3 is 10.7 Å². The van der Waals surface area contributed by atoms with Crippen LogP contribution in [0, 0.1) is 0 Å². The highest BCUT2D eigenvalue weighted by molar-refractivity contribution is 7.17. The van der Waals surface area contributed by atoms with Crippen molar-refractivity contribution in [1.82, 2.24) is 9.97 Å². The summed E-state index contributed by atoms with van der Waals surface area (Å²) in [4.78, 5) is 18.3. The Morgan fingerprint density at radius 2 is 2.46 bits per heavy atom. The van der Waals surface area contributed by atoms with Gasteiger partial charge in [0.05, 0.1) is 11.6 Å². The highest BCUT2D eigenvalue weighted by Crippen LogP contribution is 2.14. The molecule has 2 aromatic rings. The second-order valence-corrected chi connectivity index (χ2v) is 3.79. The van der Waals surface area contributed by atoms with Gasteiger partial charge in [-0.2, -0.15) is 0 Å². The second kappa shape index (κ2) is 2.93. The molecule has 1 unspecified atom stereocenters. The molecule has 68 valence electrons. The van der Waals surface area contributed by atoms with Crippen molar-refractivity contribution in [2.75, 3.05) is 0 Å². The van der Waals surface area contributed by atoms with Crippen LogP contribution in [0.2, 0.25) is 0 Å². The van der Waals surface area contributed by atoms with Crippen LogP contribution in [0.5, 0.6) is 0 Å². The Morgan fingerprint density at radius 3 is 3.15 bits per heavy atom. The van der Waals surface area contributed by atoms with Crippen molar-refractivity contribution in [3.8, 4) is 0 Å². The van der Waals surface area contributed by atoms with E-state index in [0.29, 0.717) is 10.5 Å². The maximum Gasteiger partial charge on any atom is 0.268 e. The van der Waals surface area contributed by atoms with E-state index >= 15 is 0 Å². The first kappa shape index (κ1) is 8.40. The molecule has 2 rings (SSSR count). The molecule has 13 heavy (non-hydrogen) atoms. The zero-order chi connectivity index (χ0) is 9.42. The van der Waals surface area contributed by atoms with Gasteiger partial charge in [-0.25, -0.2) is 4.98 Å². The molecular formula is C8H9N3OS. The molecule has 0 aromatic carbocycles. The lowest BCUT2D eigenvalue weighted by atomic mass is 10.3. The minimum absolute atomic E-state index is 0.104. The van der Waals surface area contributed by atoms with Crippen LogP contribution in [-0.4, -0.2) is 9.97 Å². The summed E-state index contributed by atoms with van der Waals surface area (Å²) in [5.74, 6) is 0.538. The van der Waals surface area contributed by atoms with Gasteiger partial charge in [0.1, 0.15) is 10.5 Å². The van der Waals surface area contributed by atoms with E-state index in [4.69, 9.17) is 5.73 Å². The van der Waals surface area contributed by atoms with Crippen molar-refractivity contribution in [1.29, 1.82) is 0 Å². The average Bonchev–Trinajstić information content (AvgIpc) is 2.51. The first-order chi connectivity index (χ1) is 6.18. The summed E-state index contributed by atoms with van der Waals surface area (Å²) in [5, 5.41) is 1.85. The molecule has 0 saturated carbocycles. The molecule has 3 N–H and O–H groups in total. The van der Waals surface area contributed by atoms with Crippen molar-refractivity contribution in [2.45, 2.75) is 13.0 Å². The molecule has 4 nitrogen and oxygen atoms in total. The summed E-state index contributed by atoms with van der Waals surface area (Å²) in [5.41, 5.74) is 6.23. The standard InChI is InChI=1S/C8H9N3OS/c1-4(9)7-10-5-2-3-13-6(5)8(12)11-7/h2-4H,9H2,1H3,(H,10,11,12). The number of aromatic nitrogens is 2. The molecule has 0 radical (unpaired) electrons. The molecule has 2 aromatic heterocycles. The largest absolute Gasteiger partial charge is 0.322 e. The highest BCUT2D eigenvalue weighted by Gasteiger charge is 2.06. The lowest BCUT2D eigenvalue weighted by molar-refractivity contribution is 0.742. The summed E-state index contributed by atoms with van der Waals surface area (Å²) in [6.07, 6.45) is 0. The highest BCUT2D eigenvalue weighted by atomic mass is 32.1. The van der Waals surface area contributed by atoms with E-state index in [2.05, 4.69) is 9.97 Å². The minimum Gasteiger partial charge on any atom is -0.322 e. The van der Waals surface area contributed by atoms with Gasteiger partial charge in [0, 0.05) is 0 Å². The van der Waals surface area contributed by atoms with Gasteiger partial charge in [0.25, 0.3) is 5.56 Å². The smallest absolute Gasteiger partial charge is 0.268 e. The number of nitrogens with one attached hydrogen (secondary N) is 1. The van der Waals surface area contributed by atoms with Gasteiger partial charge >= 0.3 is 0 Å². The lowest BCUT2D eigenvalue weighted by Crippen LogP contribution is -2.16. The number of hydrogen-bond donors (Lipinski definition) is 2. The van der Waals surface area contributed by atoms with E-state index in [9.17, 15) is 4.79 Å². The number of rotatable bonds is 1. The minimum atomic E-state index is -0.239. The predicted octanol–water partition coefficient (Wildman–Crippen LogP) is 1.00. The van der Waals surface area contributed by atoms with Crippen molar-refractivity contribution in [3.63, 3.8) is 0 Å². The fourth-order valence-electron chi connectivity index (χ4n) is 1.11. The monoisotopic (exact) mass is 195 g/mol. The number of nitrogens with two attached hydrogens (primary N) is 1. The Kier molecular flexibility index (Phi) is 1.90. The van der Waals surface area contributed by atoms with Gasteiger partial charge in [-0.1, -0.05) is 0 Å². The summed E-state index contributed by atoms with van der Waals surface area (Å²) in [6.45, 7) is 1.79. The maximum atomic E-state index is 11.4. The molecule has 0 bridgehead atoms. The van der Waals surface area contributed by atoms with Crippen molar-refractivity contribution in [3.05, 3.63) is 27.6 Å². The summed E-state index contributed by atoms with van der Waals surface area (Å²) in [6, 6.07) is 1.58. The van der Waals surface area contributed by atoms with E-state index < -0.39 is 0 Å². The molecule has 1 atom stereocenters. The predicted molar refractivity (Wildman–Crippen MR) is 52.8 cm³/mol. The Morgan fingerprint density at radius 1 is 1.69 bits per heavy atom. The first-order valence-electron chi connectivity index (χ1n) is 3.91. The summed E-state index contributed by atoms with van der Waals surface area (Å²) < 4.78 is 0.657. The zero-order valence-corrected chi connectivity index (χ0v) is 7.89. The van der Waals surface area contributed by atoms with E-state index in [1.807, 2.05) is 11.4 Å². The number of aromatic amines is 1. The van der Waals surface area contributed by atoms with E-state index in [1.165, 1.54) is 11.3 Å². The number of thiophene rings is 1. The van der Waals surface area contributed by atoms with Crippen LogP contribution in [0.4, 0.5) is 0 Å². The Labute approximate surface area is 78.4 Å². The number of fused-ring (bicyclic) bond motifs is 1. The summed E-state index contributed by atoms with van der Waals surface area (Å²) >= 11 is 1.39. The first-order valence-corrected chi connectivity index (χ1v) is 4.79. The molecule has 0 aliphatic carbocycles. The molecule has 0 saturated heterocycles. The number of nitrogens with zero attached hydrogens (tertiary/aromatic N) is 1. The molecule has 2 heterocycles. The normalized spacial score (nSPS) is 13.4. The Bertz CT molecular complexity index is 485.